The third-order valence-electron chi connectivity index (χ3n) is 4.19. The Morgan fingerprint density at radius 2 is 1.66 bits per heavy atom. The number of hydrogen-bond donors (Lipinski definition) is 1. The number of hydrogen-bond acceptors (Lipinski definition) is 5. The number of amides is 1. The van der Waals surface area contributed by atoms with Crippen LogP contribution < -0.4 is 10.1 Å². The van der Waals surface area contributed by atoms with E-state index in [-0.39, 0.29) is 5.56 Å². The summed E-state index contributed by atoms with van der Waals surface area (Å²) in [5.41, 5.74) is 1.73. The molecule has 0 unspecified atom stereocenters. The molecule has 3 aromatic rings. The first-order valence-electron chi connectivity index (χ1n) is 8.87. The van der Waals surface area contributed by atoms with Gasteiger partial charge in [0.15, 0.2) is 0 Å². The van der Waals surface area contributed by atoms with Crippen LogP contribution in [0.15, 0.2) is 78.9 Å². The third kappa shape index (κ3) is 5.07. The van der Waals surface area contributed by atoms with E-state index in [1.165, 1.54) is 31.4 Å². The zero-order valence-corrected chi connectivity index (χ0v) is 15.7. The van der Waals surface area contributed by atoms with Crippen molar-refractivity contribution in [3.8, 4) is 5.75 Å². The van der Waals surface area contributed by atoms with Gasteiger partial charge in [-0.05, 0) is 24.3 Å². The molecule has 6 nitrogen and oxygen atoms in total. The molecule has 0 bridgehead atoms. The van der Waals surface area contributed by atoms with Crippen LogP contribution in [0.5, 0.6) is 5.75 Å². The summed E-state index contributed by atoms with van der Waals surface area (Å²) >= 11 is 0. The quantitative estimate of drug-likeness (QED) is 0.487. The lowest BCUT2D eigenvalue weighted by Crippen LogP contribution is -2.26. The highest BCUT2D eigenvalue weighted by molar-refractivity contribution is 5.98. The van der Waals surface area contributed by atoms with Crippen molar-refractivity contribution in [1.82, 2.24) is 0 Å². The van der Waals surface area contributed by atoms with E-state index in [1.54, 1.807) is 54.6 Å². The number of carbonyl (C=O) groups excluding carboxylic acids is 3. The number of rotatable bonds is 7. The second-order valence-electron chi connectivity index (χ2n) is 6.16. The van der Waals surface area contributed by atoms with Gasteiger partial charge in [0, 0.05) is 22.9 Å². The lowest BCUT2D eigenvalue weighted by atomic mass is 10.1. The molecule has 0 saturated heterocycles. The van der Waals surface area contributed by atoms with Crippen LogP contribution in [0.25, 0.3) is 0 Å². The smallest absolute Gasteiger partial charge is 0.339 e. The maximum Gasteiger partial charge on any atom is 0.339 e. The first-order chi connectivity index (χ1) is 14.1. The summed E-state index contributed by atoms with van der Waals surface area (Å²) in [5.74, 6) is -0.578. The van der Waals surface area contributed by atoms with Crippen molar-refractivity contribution in [2.45, 2.75) is 6.10 Å². The van der Waals surface area contributed by atoms with E-state index >= 15 is 0 Å². The summed E-state index contributed by atoms with van der Waals surface area (Å²) in [5, 5.41) is 2.75. The molecule has 0 aliphatic rings. The van der Waals surface area contributed by atoms with Gasteiger partial charge in [0.05, 0.1) is 12.7 Å². The molecule has 0 saturated carbocycles. The fraction of sp³-hybridized carbons (Fsp3) is 0.0870. The molecule has 1 amide bonds. The van der Waals surface area contributed by atoms with Crippen molar-refractivity contribution in [1.29, 1.82) is 0 Å². The summed E-state index contributed by atoms with van der Waals surface area (Å²) in [6.45, 7) is 0. The number of ether oxygens (including phenoxy) is 2. The minimum Gasteiger partial charge on any atom is -0.497 e. The Balaban J connectivity index is 1.83. The van der Waals surface area contributed by atoms with E-state index in [2.05, 4.69) is 5.32 Å². The summed E-state index contributed by atoms with van der Waals surface area (Å²) in [6.07, 6.45) is -0.468. The maximum absolute atomic E-state index is 12.9. The van der Waals surface area contributed by atoms with Gasteiger partial charge >= 0.3 is 5.97 Å². The zero-order chi connectivity index (χ0) is 20.6. The van der Waals surface area contributed by atoms with Crippen LogP contribution in [-0.2, 0) is 9.53 Å². The highest BCUT2D eigenvalue weighted by Crippen LogP contribution is 2.23. The molecular formula is C23H19NO5. The average molecular weight is 389 g/mol. The Labute approximate surface area is 168 Å². The lowest BCUT2D eigenvalue weighted by molar-refractivity contribution is -0.125. The Morgan fingerprint density at radius 1 is 0.931 bits per heavy atom. The van der Waals surface area contributed by atoms with E-state index in [0.717, 1.165) is 0 Å². The Hall–Kier alpha value is -3.93. The topological polar surface area (TPSA) is 81.7 Å². The summed E-state index contributed by atoms with van der Waals surface area (Å²) in [4.78, 5) is 36.3. The summed E-state index contributed by atoms with van der Waals surface area (Å²) < 4.78 is 10.7. The molecule has 0 spiro atoms. The van der Waals surface area contributed by atoms with E-state index in [0.29, 0.717) is 28.8 Å². The number of anilines is 1. The molecule has 0 aliphatic heterocycles. The zero-order valence-electron chi connectivity index (χ0n) is 15.7. The second kappa shape index (κ2) is 9.32. The third-order valence-corrected chi connectivity index (χ3v) is 4.19. The van der Waals surface area contributed by atoms with E-state index in [1.807, 2.05) is 0 Å². The van der Waals surface area contributed by atoms with Crippen LogP contribution in [0.3, 0.4) is 0 Å². The number of carbonyl (C=O) groups is 3. The molecule has 3 rings (SSSR count). The second-order valence-corrected chi connectivity index (χ2v) is 6.16. The normalized spacial score (nSPS) is 11.2. The SMILES string of the molecule is COc1cccc(NC(=O)[C@H](OC(=O)c2ccc(C=O)cc2)c2ccccc2)c1. The standard InChI is InChI=1S/C23H19NO5/c1-28-20-9-5-8-19(14-20)24-22(26)21(17-6-3-2-4-7-17)29-23(27)18-12-10-16(15-25)11-13-18/h2-15,21H,1H3,(H,24,26)/t21-/m1/s1. The van der Waals surface area contributed by atoms with Gasteiger partial charge in [0.1, 0.15) is 12.0 Å². The van der Waals surface area contributed by atoms with Gasteiger partial charge in [-0.15, -0.1) is 0 Å². The van der Waals surface area contributed by atoms with Gasteiger partial charge in [-0.3, -0.25) is 9.59 Å². The Morgan fingerprint density at radius 3 is 2.31 bits per heavy atom. The molecular weight excluding hydrogens is 370 g/mol. The van der Waals surface area contributed by atoms with Gasteiger partial charge in [-0.1, -0.05) is 48.5 Å². The number of methoxy groups -OCH3 is 1. The highest BCUT2D eigenvalue weighted by Gasteiger charge is 2.26. The molecule has 1 N–H and O–H groups in total. The van der Waals surface area contributed by atoms with Crippen molar-refractivity contribution < 1.29 is 23.9 Å². The molecule has 6 heteroatoms. The molecule has 3 aromatic carbocycles. The van der Waals surface area contributed by atoms with Crippen molar-refractivity contribution in [2.24, 2.45) is 0 Å². The molecule has 1 atom stereocenters. The first-order valence-corrected chi connectivity index (χ1v) is 8.87. The molecule has 146 valence electrons. The Kier molecular flexibility index (Phi) is 6.37. The van der Waals surface area contributed by atoms with Gasteiger partial charge in [0.25, 0.3) is 5.91 Å². The molecule has 0 aliphatic carbocycles. The minimum absolute atomic E-state index is 0.241. The molecule has 0 fully saturated rings. The van der Waals surface area contributed by atoms with Crippen molar-refractivity contribution >= 4 is 23.9 Å². The predicted molar refractivity (Wildman–Crippen MR) is 108 cm³/mol. The van der Waals surface area contributed by atoms with Crippen LogP contribution >= 0.6 is 0 Å². The average Bonchev–Trinajstić information content (AvgIpc) is 2.78. The maximum atomic E-state index is 12.9. The van der Waals surface area contributed by atoms with Crippen molar-refractivity contribution in [3.63, 3.8) is 0 Å². The number of esters is 1. The van der Waals surface area contributed by atoms with Gasteiger partial charge in [0.2, 0.25) is 6.10 Å². The largest absolute Gasteiger partial charge is 0.497 e. The van der Waals surface area contributed by atoms with E-state index in [9.17, 15) is 14.4 Å². The molecule has 0 radical (unpaired) electrons. The summed E-state index contributed by atoms with van der Waals surface area (Å²) in [7, 11) is 1.53. The fourth-order valence-corrected chi connectivity index (χ4v) is 2.68. The molecule has 0 aromatic heterocycles. The number of nitrogens with one attached hydrogen (secondary N) is 1. The number of aldehydes is 1. The van der Waals surface area contributed by atoms with Gasteiger partial charge < -0.3 is 14.8 Å². The fourth-order valence-electron chi connectivity index (χ4n) is 2.68. The number of benzene rings is 3. The van der Waals surface area contributed by atoms with Crippen LogP contribution in [0.1, 0.15) is 32.4 Å². The Bertz CT molecular complexity index is 999. The van der Waals surface area contributed by atoms with Crippen molar-refractivity contribution in [3.05, 3.63) is 95.6 Å². The van der Waals surface area contributed by atoms with Crippen LogP contribution in [0.4, 0.5) is 5.69 Å². The van der Waals surface area contributed by atoms with Gasteiger partial charge in [-0.25, -0.2) is 4.79 Å². The summed E-state index contributed by atoms with van der Waals surface area (Å²) in [6, 6.07) is 21.6. The predicted octanol–water partition coefficient (Wildman–Crippen LogP) is 4.04. The minimum atomic E-state index is -1.15. The van der Waals surface area contributed by atoms with Crippen LogP contribution in [-0.4, -0.2) is 25.3 Å². The lowest BCUT2D eigenvalue weighted by Gasteiger charge is -2.18. The molecule has 29 heavy (non-hydrogen) atoms. The van der Waals surface area contributed by atoms with Crippen LogP contribution in [0, 0.1) is 0 Å². The first kappa shape index (κ1) is 19.8. The van der Waals surface area contributed by atoms with E-state index < -0.39 is 18.0 Å². The monoisotopic (exact) mass is 389 g/mol. The van der Waals surface area contributed by atoms with Crippen LogP contribution in [0.2, 0.25) is 0 Å². The van der Waals surface area contributed by atoms with E-state index in [4.69, 9.17) is 9.47 Å². The highest BCUT2D eigenvalue weighted by atomic mass is 16.5. The van der Waals surface area contributed by atoms with Gasteiger partial charge in [-0.2, -0.15) is 0 Å². The molecule has 0 heterocycles. The van der Waals surface area contributed by atoms with Crippen molar-refractivity contribution in [2.75, 3.05) is 12.4 Å².